The SMILES string of the molecule is NC(=S)c1ccc(N2C(=O)C3CC3C2=O)cc1C(F)(F)F. The Morgan fingerprint density at radius 1 is 1.24 bits per heavy atom. The van der Waals surface area contributed by atoms with Gasteiger partial charge in [-0.1, -0.05) is 12.2 Å². The van der Waals surface area contributed by atoms with Crippen molar-refractivity contribution in [3.8, 4) is 0 Å². The van der Waals surface area contributed by atoms with Gasteiger partial charge in [0.15, 0.2) is 0 Å². The van der Waals surface area contributed by atoms with Gasteiger partial charge in [0.25, 0.3) is 0 Å². The predicted octanol–water partition coefficient (Wildman–Crippen LogP) is 1.85. The van der Waals surface area contributed by atoms with E-state index in [-0.39, 0.29) is 23.1 Å². The third-order valence-corrected chi connectivity index (χ3v) is 3.92. The van der Waals surface area contributed by atoms with Crippen LogP contribution in [0.25, 0.3) is 0 Å². The molecule has 0 aromatic heterocycles. The normalized spacial score (nSPS) is 24.2. The minimum Gasteiger partial charge on any atom is -0.389 e. The molecule has 1 heterocycles. The van der Waals surface area contributed by atoms with Crippen LogP contribution < -0.4 is 10.6 Å². The lowest BCUT2D eigenvalue weighted by atomic mass is 10.1. The predicted molar refractivity (Wildman–Crippen MR) is 71.4 cm³/mol. The molecular weight excluding hydrogens is 305 g/mol. The molecular formula is C13H9F3N2O2S. The van der Waals surface area contributed by atoms with Crippen LogP contribution in [0, 0.1) is 11.8 Å². The minimum absolute atomic E-state index is 0.0930. The Morgan fingerprint density at radius 2 is 1.81 bits per heavy atom. The molecule has 2 amide bonds. The summed E-state index contributed by atoms with van der Waals surface area (Å²) in [6.45, 7) is 0. The number of nitrogens with zero attached hydrogens (tertiary/aromatic N) is 1. The number of hydrogen-bond acceptors (Lipinski definition) is 3. The highest BCUT2D eigenvalue weighted by atomic mass is 32.1. The average Bonchev–Trinajstić information content (AvgIpc) is 3.13. The van der Waals surface area contributed by atoms with Crippen LogP contribution in [0.1, 0.15) is 17.5 Å². The van der Waals surface area contributed by atoms with Gasteiger partial charge in [-0.3, -0.25) is 14.5 Å². The number of fused-ring (bicyclic) bond motifs is 1. The van der Waals surface area contributed by atoms with Crippen LogP contribution in [0.4, 0.5) is 18.9 Å². The summed E-state index contributed by atoms with van der Waals surface area (Å²) < 4.78 is 39.2. The van der Waals surface area contributed by atoms with Crippen LogP contribution in [0.5, 0.6) is 0 Å². The second-order valence-electron chi connectivity index (χ2n) is 5.05. The van der Waals surface area contributed by atoms with Crippen molar-refractivity contribution in [2.24, 2.45) is 17.6 Å². The van der Waals surface area contributed by atoms with E-state index < -0.39 is 28.5 Å². The fourth-order valence-electron chi connectivity index (χ4n) is 2.56. The van der Waals surface area contributed by atoms with Crippen LogP contribution in [0.2, 0.25) is 0 Å². The first kappa shape index (κ1) is 14.0. The molecule has 1 saturated carbocycles. The van der Waals surface area contributed by atoms with Crippen molar-refractivity contribution < 1.29 is 22.8 Å². The molecule has 2 atom stereocenters. The van der Waals surface area contributed by atoms with Gasteiger partial charge in [0.1, 0.15) is 4.99 Å². The zero-order chi connectivity index (χ0) is 15.5. The number of carbonyl (C=O) groups is 2. The Morgan fingerprint density at radius 3 is 2.29 bits per heavy atom. The summed E-state index contributed by atoms with van der Waals surface area (Å²) >= 11 is 4.60. The number of rotatable bonds is 2. The van der Waals surface area contributed by atoms with Gasteiger partial charge >= 0.3 is 6.18 Å². The summed E-state index contributed by atoms with van der Waals surface area (Å²) in [4.78, 5) is 24.2. The van der Waals surface area contributed by atoms with Gasteiger partial charge in [0.2, 0.25) is 11.8 Å². The summed E-state index contributed by atoms with van der Waals surface area (Å²) in [7, 11) is 0. The van der Waals surface area contributed by atoms with E-state index in [0.717, 1.165) is 17.0 Å². The molecule has 2 N–H and O–H groups in total. The van der Waals surface area contributed by atoms with Crippen LogP contribution in [0.15, 0.2) is 18.2 Å². The molecule has 2 aliphatic rings. The number of amides is 2. The molecule has 3 rings (SSSR count). The minimum atomic E-state index is -4.68. The quantitative estimate of drug-likeness (QED) is 0.668. The molecule has 1 aromatic carbocycles. The van der Waals surface area contributed by atoms with Gasteiger partial charge in [-0.15, -0.1) is 0 Å². The average molecular weight is 314 g/mol. The Bertz CT molecular complexity index is 666. The number of carbonyl (C=O) groups excluding carboxylic acids is 2. The maximum absolute atomic E-state index is 13.1. The first-order valence-corrected chi connectivity index (χ1v) is 6.51. The van der Waals surface area contributed by atoms with Crippen molar-refractivity contribution in [2.75, 3.05) is 4.90 Å². The molecule has 1 saturated heterocycles. The number of hydrogen-bond donors (Lipinski definition) is 1. The van der Waals surface area contributed by atoms with Crippen LogP contribution in [-0.4, -0.2) is 16.8 Å². The maximum atomic E-state index is 13.1. The Kier molecular flexibility index (Phi) is 2.84. The van der Waals surface area contributed by atoms with Crippen LogP contribution >= 0.6 is 12.2 Å². The van der Waals surface area contributed by atoms with E-state index >= 15 is 0 Å². The highest BCUT2D eigenvalue weighted by Crippen LogP contribution is 2.48. The number of imide groups is 1. The molecule has 21 heavy (non-hydrogen) atoms. The number of halogens is 3. The summed E-state index contributed by atoms with van der Waals surface area (Å²) in [6.07, 6.45) is -4.19. The fourth-order valence-corrected chi connectivity index (χ4v) is 2.73. The number of nitrogens with two attached hydrogens (primary N) is 1. The first-order valence-electron chi connectivity index (χ1n) is 6.10. The molecule has 0 spiro atoms. The first-order chi connectivity index (χ1) is 9.71. The van der Waals surface area contributed by atoms with Gasteiger partial charge in [-0.2, -0.15) is 13.2 Å². The highest BCUT2D eigenvalue weighted by molar-refractivity contribution is 7.80. The summed E-state index contributed by atoms with van der Waals surface area (Å²) in [6, 6.07) is 3.09. The largest absolute Gasteiger partial charge is 0.417 e. The topological polar surface area (TPSA) is 63.4 Å². The number of benzene rings is 1. The molecule has 0 bridgehead atoms. The van der Waals surface area contributed by atoms with Crippen LogP contribution in [0.3, 0.4) is 0 Å². The second-order valence-corrected chi connectivity index (χ2v) is 5.49. The van der Waals surface area contributed by atoms with E-state index in [2.05, 4.69) is 12.2 Å². The highest BCUT2D eigenvalue weighted by Gasteiger charge is 2.59. The van der Waals surface area contributed by atoms with Crippen molar-refractivity contribution in [3.05, 3.63) is 29.3 Å². The van der Waals surface area contributed by atoms with Gasteiger partial charge in [-0.25, -0.2) is 0 Å². The van der Waals surface area contributed by atoms with Gasteiger partial charge in [-0.05, 0) is 24.6 Å². The summed E-state index contributed by atoms with van der Waals surface area (Å²) in [5.41, 5.74) is 3.81. The molecule has 2 unspecified atom stereocenters. The monoisotopic (exact) mass is 314 g/mol. The molecule has 1 aromatic rings. The Hall–Kier alpha value is -1.96. The zero-order valence-electron chi connectivity index (χ0n) is 10.5. The van der Waals surface area contributed by atoms with Gasteiger partial charge < -0.3 is 5.73 Å². The lowest BCUT2D eigenvalue weighted by molar-refractivity contribution is -0.137. The lowest BCUT2D eigenvalue weighted by Gasteiger charge is -2.19. The molecule has 1 aliphatic carbocycles. The van der Waals surface area contributed by atoms with E-state index in [9.17, 15) is 22.8 Å². The van der Waals surface area contributed by atoms with E-state index in [1.807, 2.05) is 0 Å². The fraction of sp³-hybridized carbons (Fsp3) is 0.308. The van der Waals surface area contributed by atoms with Crippen LogP contribution in [-0.2, 0) is 15.8 Å². The molecule has 8 heteroatoms. The number of alkyl halides is 3. The number of anilines is 1. The Balaban J connectivity index is 2.07. The molecule has 110 valence electrons. The summed E-state index contributed by atoms with van der Waals surface area (Å²) in [5, 5.41) is 0. The van der Waals surface area contributed by atoms with E-state index in [1.165, 1.54) is 6.07 Å². The maximum Gasteiger partial charge on any atom is 0.417 e. The molecule has 0 radical (unpaired) electrons. The third-order valence-electron chi connectivity index (χ3n) is 3.70. The number of thiocarbonyl (C=S) groups is 1. The molecule has 1 aliphatic heterocycles. The Labute approximate surface area is 122 Å². The third kappa shape index (κ3) is 2.10. The van der Waals surface area contributed by atoms with Crippen molar-refractivity contribution >= 4 is 34.7 Å². The van der Waals surface area contributed by atoms with E-state index in [4.69, 9.17) is 5.73 Å². The van der Waals surface area contributed by atoms with Crippen molar-refractivity contribution in [2.45, 2.75) is 12.6 Å². The van der Waals surface area contributed by atoms with Crippen molar-refractivity contribution in [1.82, 2.24) is 0 Å². The van der Waals surface area contributed by atoms with Gasteiger partial charge in [0.05, 0.1) is 23.1 Å². The smallest absolute Gasteiger partial charge is 0.389 e. The van der Waals surface area contributed by atoms with Gasteiger partial charge in [0, 0.05) is 5.56 Å². The molecule has 4 nitrogen and oxygen atoms in total. The molecule has 2 fully saturated rings. The van der Waals surface area contributed by atoms with Crippen molar-refractivity contribution in [1.29, 1.82) is 0 Å². The summed E-state index contributed by atoms with van der Waals surface area (Å²) in [5.74, 6) is -1.63. The zero-order valence-corrected chi connectivity index (χ0v) is 11.3. The number of piperidine rings is 1. The lowest BCUT2D eigenvalue weighted by Crippen LogP contribution is -2.33. The van der Waals surface area contributed by atoms with E-state index in [1.54, 1.807) is 0 Å². The van der Waals surface area contributed by atoms with E-state index in [0.29, 0.717) is 6.42 Å². The standard InChI is InChI=1S/C13H9F3N2O2S/c14-13(15,16)9-3-5(1-2-6(9)10(17)21)18-11(19)7-4-8(7)12(18)20/h1-3,7-8H,4H2,(H2,17,21). The second kappa shape index (κ2) is 4.27. The van der Waals surface area contributed by atoms with Crippen molar-refractivity contribution in [3.63, 3.8) is 0 Å².